The maximum atomic E-state index is 2.43. The molecule has 1 atom stereocenters. The normalized spacial score (nSPS) is 14.9. The molecular formula is C54H43N. The number of hydrogen-bond donors (Lipinski definition) is 0. The maximum absolute atomic E-state index is 2.43. The van der Waals surface area contributed by atoms with Gasteiger partial charge in [-0.05, 0) is 134 Å². The highest BCUT2D eigenvalue weighted by Gasteiger charge is 2.35. The van der Waals surface area contributed by atoms with E-state index in [1.54, 1.807) is 0 Å². The van der Waals surface area contributed by atoms with Crippen LogP contribution < -0.4 is 4.90 Å². The molecule has 0 N–H and O–H groups in total. The van der Waals surface area contributed by atoms with E-state index in [-0.39, 0.29) is 5.41 Å². The zero-order chi connectivity index (χ0) is 36.9. The van der Waals surface area contributed by atoms with E-state index in [1.165, 1.54) is 72.3 Å². The van der Waals surface area contributed by atoms with Gasteiger partial charge in [0.25, 0.3) is 0 Å². The topological polar surface area (TPSA) is 3.24 Å². The molecule has 0 saturated heterocycles. The van der Waals surface area contributed by atoms with E-state index >= 15 is 0 Å². The molecule has 0 bridgehead atoms. The minimum Gasteiger partial charge on any atom is -0.310 e. The molecule has 2 aliphatic carbocycles. The zero-order valence-corrected chi connectivity index (χ0v) is 31.4. The summed E-state index contributed by atoms with van der Waals surface area (Å²) in [5, 5.41) is 0. The fraction of sp³-hybridized carbons (Fsp3) is 0.111. The van der Waals surface area contributed by atoms with Crippen molar-refractivity contribution >= 4 is 17.1 Å². The third-order valence-corrected chi connectivity index (χ3v) is 12.1. The van der Waals surface area contributed by atoms with Crippen molar-refractivity contribution in [2.75, 3.05) is 4.90 Å². The molecule has 2 aliphatic rings. The molecule has 55 heavy (non-hydrogen) atoms. The lowest BCUT2D eigenvalue weighted by atomic mass is 9.82. The summed E-state index contributed by atoms with van der Waals surface area (Å²) in [7, 11) is 0. The second-order valence-corrected chi connectivity index (χ2v) is 15.7. The maximum Gasteiger partial charge on any atom is 0.0465 e. The van der Waals surface area contributed by atoms with Crippen molar-refractivity contribution in [3.63, 3.8) is 0 Å². The monoisotopic (exact) mass is 705 g/mol. The molecule has 0 spiro atoms. The zero-order valence-electron chi connectivity index (χ0n) is 31.4. The minimum atomic E-state index is -0.0836. The Morgan fingerprint density at radius 2 is 0.891 bits per heavy atom. The number of nitrogens with zero attached hydrogens (tertiary/aromatic N) is 1. The van der Waals surface area contributed by atoms with Crippen LogP contribution in [-0.2, 0) is 18.3 Å². The average molecular weight is 706 g/mol. The van der Waals surface area contributed by atoms with Gasteiger partial charge in [0.2, 0.25) is 0 Å². The van der Waals surface area contributed by atoms with Gasteiger partial charge in [-0.2, -0.15) is 0 Å². The molecule has 0 aliphatic heterocycles. The Morgan fingerprint density at radius 3 is 1.60 bits per heavy atom. The molecular weight excluding hydrogens is 663 g/mol. The van der Waals surface area contributed by atoms with Crippen LogP contribution >= 0.6 is 0 Å². The first kappa shape index (κ1) is 33.2. The fourth-order valence-electron chi connectivity index (χ4n) is 9.22. The molecule has 1 unspecified atom stereocenters. The molecule has 8 aromatic rings. The third-order valence-electron chi connectivity index (χ3n) is 12.1. The summed E-state index contributed by atoms with van der Waals surface area (Å²) in [5.74, 6) is 0.459. The van der Waals surface area contributed by atoms with Crippen molar-refractivity contribution in [2.45, 2.75) is 38.0 Å². The molecule has 0 radical (unpaired) electrons. The van der Waals surface area contributed by atoms with Gasteiger partial charge in [0.1, 0.15) is 0 Å². The molecule has 0 heterocycles. The second-order valence-electron chi connectivity index (χ2n) is 15.7. The molecule has 10 rings (SSSR count). The minimum absolute atomic E-state index is 0.0836. The van der Waals surface area contributed by atoms with Crippen molar-refractivity contribution in [3.8, 4) is 44.5 Å². The highest BCUT2D eigenvalue weighted by molar-refractivity contribution is 5.87. The van der Waals surface area contributed by atoms with Gasteiger partial charge in [0.15, 0.2) is 0 Å². The Labute approximate surface area is 325 Å². The van der Waals surface area contributed by atoms with E-state index in [9.17, 15) is 0 Å². The molecule has 1 heteroatoms. The molecule has 0 aromatic heterocycles. The standard InChI is InChI=1S/C54H43N/c1-54(2)52-20-12-11-19-49(52)50-32-31-47(36-53(50)54)55(45-27-23-39(24-28-45)37-13-5-3-6-14-37)46-29-25-40(26-30-46)41-21-22-43-34-44(38-15-7-4-8-16-38)33-42-17-9-10-18-48(42)51(43)35-41/h3-32,35-36,44H,33-34H2,1-2H3. The van der Waals surface area contributed by atoms with Crippen LogP contribution in [0.1, 0.15) is 47.6 Å². The molecule has 0 amide bonds. The van der Waals surface area contributed by atoms with E-state index in [4.69, 9.17) is 0 Å². The second kappa shape index (κ2) is 13.4. The van der Waals surface area contributed by atoms with Crippen LogP contribution in [0, 0.1) is 0 Å². The van der Waals surface area contributed by atoms with Gasteiger partial charge in [-0.15, -0.1) is 0 Å². The largest absolute Gasteiger partial charge is 0.310 e. The van der Waals surface area contributed by atoms with E-state index < -0.39 is 0 Å². The predicted octanol–water partition coefficient (Wildman–Crippen LogP) is 14.3. The van der Waals surface area contributed by atoms with Crippen LogP contribution in [0.15, 0.2) is 194 Å². The van der Waals surface area contributed by atoms with Crippen molar-refractivity contribution in [1.82, 2.24) is 0 Å². The number of benzene rings is 8. The summed E-state index contributed by atoms with van der Waals surface area (Å²) in [6.07, 6.45) is 2.08. The molecule has 264 valence electrons. The number of anilines is 3. The van der Waals surface area contributed by atoms with E-state index in [1.807, 2.05) is 0 Å². The first-order valence-corrected chi connectivity index (χ1v) is 19.6. The molecule has 0 saturated carbocycles. The Balaban J connectivity index is 1.04. The van der Waals surface area contributed by atoms with Crippen LogP contribution in [0.3, 0.4) is 0 Å². The van der Waals surface area contributed by atoms with E-state index in [0.29, 0.717) is 5.92 Å². The van der Waals surface area contributed by atoms with Crippen molar-refractivity contribution in [3.05, 3.63) is 222 Å². The van der Waals surface area contributed by atoms with Crippen LogP contribution in [0.25, 0.3) is 44.5 Å². The van der Waals surface area contributed by atoms with Gasteiger partial charge in [0, 0.05) is 22.5 Å². The van der Waals surface area contributed by atoms with E-state index in [0.717, 1.165) is 29.9 Å². The van der Waals surface area contributed by atoms with Gasteiger partial charge >= 0.3 is 0 Å². The van der Waals surface area contributed by atoms with Crippen LogP contribution in [0.4, 0.5) is 17.1 Å². The van der Waals surface area contributed by atoms with Crippen molar-refractivity contribution in [2.24, 2.45) is 0 Å². The summed E-state index contributed by atoms with van der Waals surface area (Å²) >= 11 is 0. The van der Waals surface area contributed by atoms with Crippen LogP contribution in [-0.4, -0.2) is 0 Å². The summed E-state index contributed by atoms with van der Waals surface area (Å²) in [6, 6.07) is 71.9. The number of rotatable bonds is 6. The van der Waals surface area contributed by atoms with Crippen molar-refractivity contribution < 1.29 is 0 Å². The molecule has 0 fully saturated rings. The quantitative estimate of drug-likeness (QED) is 0.166. The van der Waals surface area contributed by atoms with Crippen molar-refractivity contribution in [1.29, 1.82) is 0 Å². The van der Waals surface area contributed by atoms with Gasteiger partial charge in [-0.3, -0.25) is 0 Å². The van der Waals surface area contributed by atoms with Gasteiger partial charge in [-0.25, -0.2) is 0 Å². The Bertz CT molecular complexity index is 2650. The highest BCUT2D eigenvalue weighted by Crippen LogP contribution is 2.51. The predicted molar refractivity (Wildman–Crippen MR) is 232 cm³/mol. The van der Waals surface area contributed by atoms with Crippen LogP contribution in [0.2, 0.25) is 0 Å². The smallest absolute Gasteiger partial charge is 0.0465 e. The highest BCUT2D eigenvalue weighted by atomic mass is 15.1. The van der Waals surface area contributed by atoms with E-state index in [2.05, 4.69) is 213 Å². The molecule has 1 nitrogen and oxygen atoms in total. The summed E-state index contributed by atoms with van der Waals surface area (Å²) < 4.78 is 0. The summed E-state index contributed by atoms with van der Waals surface area (Å²) in [5.41, 5.74) is 20.7. The Morgan fingerprint density at radius 1 is 0.382 bits per heavy atom. The molecule has 8 aromatic carbocycles. The lowest BCUT2D eigenvalue weighted by Crippen LogP contribution is -2.16. The lowest BCUT2D eigenvalue weighted by Gasteiger charge is -2.28. The number of hydrogen-bond acceptors (Lipinski definition) is 1. The first-order valence-electron chi connectivity index (χ1n) is 19.6. The Kier molecular flexibility index (Phi) is 8.11. The van der Waals surface area contributed by atoms with Gasteiger partial charge in [0.05, 0.1) is 0 Å². The van der Waals surface area contributed by atoms with Gasteiger partial charge in [-0.1, -0.05) is 166 Å². The number of fused-ring (bicyclic) bond motifs is 6. The van der Waals surface area contributed by atoms with Gasteiger partial charge < -0.3 is 4.90 Å². The summed E-state index contributed by atoms with van der Waals surface area (Å²) in [6.45, 7) is 4.71. The fourth-order valence-corrected chi connectivity index (χ4v) is 9.22. The third kappa shape index (κ3) is 5.88. The SMILES string of the molecule is CC1(C)c2ccccc2-c2ccc(N(c3ccc(-c4ccccc4)cc3)c3ccc(-c4ccc5c(c4)-c4ccccc4CC(c4ccccc4)C5)cc3)cc21. The summed E-state index contributed by atoms with van der Waals surface area (Å²) in [4.78, 5) is 2.41. The average Bonchev–Trinajstić information content (AvgIpc) is 3.35. The first-order chi connectivity index (χ1) is 27.0. The van der Waals surface area contributed by atoms with Crippen LogP contribution in [0.5, 0.6) is 0 Å². The lowest BCUT2D eigenvalue weighted by molar-refractivity contribution is 0.660. The Hall–Kier alpha value is -6.44.